The Balaban J connectivity index is 2.41. The van der Waals surface area contributed by atoms with E-state index in [0.29, 0.717) is 0 Å². The van der Waals surface area contributed by atoms with Gasteiger partial charge in [-0.25, -0.2) is 0 Å². The molecule has 0 spiro atoms. The molecule has 2 atom stereocenters. The summed E-state index contributed by atoms with van der Waals surface area (Å²) in [4.78, 5) is 11.6. The second-order valence-electron chi connectivity index (χ2n) is 5.19. The second kappa shape index (κ2) is 4.97. The summed E-state index contributed by atoms with van der Waals surface area (Å²) < 4.78 is 5.42. The summed E-state index contributed by atoms with van der Waals surface area (Å²) in [6, 6.07) is 0. The third kappa shape index (κ3) is 3.82. The topological polar surface area (TPSA) is 52.3 Å². The van der Waals surface area contributed by atoms with Gasteiger partial charge in [-0.05, 0) is 39.0 Å². The maximum absolute atomic E-state index is 11.6. The predicted molar refractivity (Wildman–Crippen MR) is 60.4 cm³/mol. The van der Waals surface area contributed by atoms with Gasteiger partial charge in [0.15, 0.2) is 0 Å². The zero-order valence-electron chi connectivity index (χ0n) is 10.1. The van der Waals surface area contributed by atoms with Crippen LogP contribution in [0.3, 0.4) is 0 Å². The first-order chi connectivity index (χ1) is 6.93. The van der Waals surface area contributed by atoms with Crippen LogP contribution in [-0.4, -0.2) is 17.6 Å². The maximum atomic E-state index is 11.6. The summed E-state index contributed by atoms with van der Waals surface area (Å²) in [5, 5.41) is 0. The Morgan fingerprint density at radius 1 is 1.47 bits per heavy atom. The smallest absolute Gasteiger partial charge is 0.325 e. The summed E-state index contributed by atoms with van der Waals surface area (Å²) >= 11 is 0. The fourth-order valence-electron chi connectivity index (χ4n) is 2.02. The van der Waals surface area contributed by atoms with E-state index >= 15 is 0 Å². The van der Waals surface area contributed by atoms with Crippen molar-refractivity contribution >= 4 is 5.97 Å². The average molecular weight is 213 g/mol. The molecule has 1 saturated carbocycles. The van der Waals surface area contributed by atoms with Crippen molar-refractivity contribution in [1.82, 2.24) is 0 Å². The van der Waals surface area contributed by atoms with Crippen LogP contribution in [0.15, 0.2) is 0 Å². The van der Waals surface area contributed by atoms with Crippen molar-refractivity contribution in [3.63, 3.8) is 0 Å². The molecule has 88 valence electrons. The van der Waals surface area contributed by atoms with Crippen LogP contribution in [0.5, 0.6) is 0 Å². The number of hydrogen-bond acceptors (Lipinski definition) is 3. The standard InChI is InChI=1S/C12H23NO2/c1-4-9-6-5-7-10(8-9)15-11(14)12(2,3)13/h9-10H,4-8,13H2,1-3H3. The Bertz CT molecular complexity index is 220. The lowest BCUT2D eigenvalue weighted by Crippen LogP contribution is -2.45. The Labute approximate surface area is 92.4 Å². The number of ether oxygens (including phenoxy) is 1. The van der Waals surface area contributed by atoms with Crippen molar-refractivity contribution in [2.45, 2.75) is 64.5 Å². The first kappa shape index (κ1) is 12.5. The van der Waals surface area contributed by atoms with Gasteiger partial charge in [-0.15, -0.1) is 0 Å². The summed E-state index contributed by atoms with van der Waals surface area (Å²) in [5.74, 6) is 0.446. The van der Waals surface area contributed by atoms with Gasteiger partial charge in [-0.2, -0.15) is 0 Å². The molecule has 0 amide bonds. The van der Waals surface area contributed by atoms with E-state index in [0.717, 1.165) is 18.8 Å². The van der Waals surface area contributed by atoms with Crippen LogP contribution in [0.4, 0.5) is 0 Å². The van der Waals surface area contributed by atoms with Crippen LogP contribution in [-0.2, 0) is 9.53 Å². The third-order valence-electron chi connectivity index (χ3n) is 3.11. The minimum absolute atomic E-state index is 0.0963. The van der Waals surface area contributed by atoms with Gasteiger partial charge < -0.3 is 10.5 Å². The second-order valence-corrected chi connectivity index (χ2v) is 5.19. The van der Waals surface area contributed by atoms with E-state index in [4.69, 9.17) is 10.5 Å². The summed E-state index contributed by atoms with van der Waals surface area (Å²) in [6.07, 6.45) is 5.73. The molecular weight excluding hydrogens is 190 g/mol. The van der Waals surface area contributed by atoms with E-state index in [-0.39, 0.29) is 12.1 Å². The highest BCUT2D eigenvalue weighted by molar-refractivity contribution is 5.79. The number of esters is 1. The Kier molecular flexibility index (Phi) is 4.14. The largest absolute Gasteiger partial charge is 0.461 e. The average Bonchev–Trinajstić information content (AvgIpc) is 2.16. The molecule has 0 aromatic carbocycles. The number of hydrogen-bond donors (Lipinski definition) is 1. The number of carbonyl (C=O) groups is 1. The van der Waals surface area contributed by atoms with Crippen LogP contribution in [0.1, 0.15) is 52.9 Å². The lowest BCUT2D eigenvalue weighted by molar-refractivity contribution is -0.156. The fourth-order valence-corrected chi connectivity index (χ4v) is 2.02. The van der Waals surface area contributed by atoms with Crippen LogP contribution >= 0.6 is 0 Å². The molecule has 3 heteroatoms. The minimum Gasteiger partial charge on any atom is -0.461 e. The van der Waals surface area contributed by atoms with Gasteiger partial charge in [-0.3, -0.25) is 4.79 Å². The molecule has 2 N–H and O–H groups in total. The van der Waals surface area contributed by atoms with E-state index in [1.54, 1.807) is 13.8 Å². The first-order valence-corrected chi connectivity index (χ1v) is 5.93. The van der Waals surface area contributed by atoms with Crippen molar-refractivity contribution in [1.29, 1.82) is 0 Å². The van der Waals surface area contributed by atoms with E-state index in [1.807, 2.05) is 0 Å². The van der Waals surface area contributed by atoms with Crippen LogP contribution in [0, 0.1) is 5.92 Å². The van der Waals surface area contributed by atoms with Crippen LogP contribution in [0.2, 0.25) is 0 Å². The molecule has 0 aliphatic heterocycles. The highest BCUT2D eigenvalue weighted by atomic mass is 16.5. The number of nitrogens with two attached hydrogens (primary N) is 1. The van der Waals surface area contributed by atoms with Crippen LogP contribution in [0.25, 0.3) is 0 Å². The summed E-state index contributed by atoms with van der Waals surface area (Å²) in [6.45, 7) is 5.58. The van der Waals surface area contributed by atoms with Crippen LogP contribution < -0.4 is 5.73 Å². The van der Waals surface area contributed by atoms with E-state index in [2.05, 4.69) is 6.92 Å². The molecule has 1 fully saturated rings. The van der Waals surface area contributed by atoms with Crippen molar-refractivity contribution < 1.29 is 9.53 Å². The first-order valence-electron chi connectivity index (χ1n) is 5.93. The molecule has 1 aliphatic carbocycles. The minimum atomic E-state index is -0.862. The molecule has 0 aromatic rings. The molecule has 3 nitrogen and oxygen atoms in total. The summed E-state index contributed by atoms with van der Waals surface area (Å²) in [7, 11) is 0. The lowest BCUT2D eigenvalue weighted by Gasteiger charge is -2.30. The van der Waals surface area contributed by atoms with Gasteiger partial charge >= 0.3 is 5.97 Å². The monoisotopic (exact) mass is 213 g/mol. The molecule has 0 bridgehead atoms. The molecule has 0 radical (unpaired) electrons. The molecule has 1 rings (SSSR count). The predicted octanol–water partition coefficient (Wildman–Crippen LogP) is 2.24. The van der Waals surface area contributed by atoms with E-state index < -0.39 is 5.54 Å². The fraction of sp³-hybridized carbons (Fsp3) is 0.917. The Morgan fingerprint density at radius 3 is 2.67 bits per heavy atom. The lowest BCUT2D eigenvalue weighted by atomic mass is 9.85. The van der Waals surface area contributed by atoms with Crippen molar-refractivity contribution in [3.05, 3.63) is 0 Å². The molecule has 0 heterocycles. The highest BCUT2D eigenvalue weighted by Crippen LogP contribution is 2.28. The molecule has 0 aromatic heterocycles. The van der Waals surface area contributed by atoms with Gasteiger partial charge in [0.25, 0.3) is 0 Å². The van der Waals surface area contributed by atoms with Crippen molar-refractivity contribution in [2.75, 3.05) is 0 Å². The quantitative estimate of drug-likeness (QED) is 0.731. The Hall–Kier alpha value is -0.570. The van der Waals surface area contributed by atoms with E-state index in [9.17, 15) is 4.79 Å². The van der Waals surface area contributed by atoms with Gasteiger partial charge in [0.1, 0.15) is 11.6 Å². The SMILES string of the molecule is CCC1CCCC(OC(=O)C(C)(C)N)C1. The molecule has 1 aliphatic rings. The molecule has 2 unspecified atom stereocenters. The molecule has 15 heavy (non-hydrogen) atoms. The highest BCUT2D eigenvalue weighted by Gasteiger charge is 2.29. The van der Waals surface area contributed by atoms with Crippen molar-refractivity contribution in [2.24, 2.45) is 11.7 Å². The zero-order valence-corrected chi connectivity index (χ0v) is 10.1. The van der Waals surface area contributed by atoms with Gasteiger partial charge in [0, 0.05) is 0 Å². The van der Waals surface area contributed by atoms with Gasteiger partial charge in [0.2, 0.25) is 0 Å². The van der Waals surface area contributed by atoms with Crippen molar-refractivity contribution in [3.8, 4) is 0 Å². The Morgan fingerprint density at radius 2 is 2.13 bits per heavy atom. The molecule has 0 saturated heterocycles. The maximum Gasteiger partial charge on any atom is 0.325 e. The normalized spacial score (nSPS) is 27.5. The van der Waals surface area contributed by atoms with Gasteiger partial charge in [-0.1, -0.05) is 19.8 Å². The summed E-state index contributed by atoms with van der Waals surface area (Å²) in [5.41, 5.74) is 4.83. The van der Waals surface area contributed by atoms with E-state index in [1.165, 1.54) is 19.3 Å². The number of rotatable bonds is 3. The third-order valence-corrected chi connectivity index (χ3v) is 3.11. The number of carbonyl (C=O) groups excluding carboxylic acids is 1. The zero-order chi connectivity index (χ0) is 11.5. The molecular formula is C12H23NO2. The van der Waals surface area contributed by atoms with Gasteiger partial charge in [0.05, 0.1) is 0 Å².